The van der Waals surface area contributed by atoms with E-state index in [0.29, 0.717) is 22.3 Å². The molecule has 1 fully saturated rings. The summed E-state index contributed by atoms with van der Waals surface area (Å²) in [5.74, 6) is -0.983. The molecule has 1 N–H and O–H groups in total. The third kappa shape index (κ3) is 3.74. The van der Waals surface area contributed by atoms with Gasteiger partial charge in [0.05, 0.1) is 21.3 Å². The van der Waals surface area contributed by atoms with Crippen LogP contribution in [0.25, 0.3) is 0 Å². The molecule has 1 heterocycles. The smallest absolute Gasteiger partial charge is 0.340 e. The van der Waals surface area contributed by atoms with Crippen LogP contribution in [0, 0.1) is 13.8 Å². The maximum absolute atomic E-state index is 12.5. The van der Waals surface area contributed by atoms with Gasteiger partial charge in [0.2, 0.25) is 0 Å². The van der Waals surface area contributed by atoms with Gasteiger partial charge in [-0.25, -0.2) is 4.79 Å². The summed E-state index contributed by atoms with van der Waals surface area (Å²) in [5.41, 5.74) is 2.77. The van der Waals surface area contributed by atoms with E-state index in [1.165, 1.54) is 6.92 Å². The molecule has 1 aliphatic rings. The summed E-state index contributed by atoms with van der Waals surface area (Å²) in [7, 11) is 0. The number of aryl methyl sites for hydroxylation is 1. The maximum Gasteiger partial charge on any atom is 0.340 e. The number of rotatable bonds is 5. The normalized spacial score (nSPS) is 14.8. The molecule has 1 aliphatic carbocycles. The van der Waals surface area contributed by atoms with Crippen molar-refractivity contribution in [2.45, 2.75) is 45.8 Å². The minimum Gasteiger partial charge on any atom is -0.449 e. The van der Waals surface area contributed by atoms with Crippen molar-refractivity contribution in [3.63, 3.8) is 0 Å². The maximum atomic E-state index is 12.5. The van der Waals surface area contributed by atoms with Crippen molar-refractivity contribution < 1.29 is 14.3 Å². The van der Waals surface area contributed by atoms with E-state index >= 15 is 0 Å². The predicted octanol–water partition coefficient (Wildman–Crippen LogP) is 4.93. The van der Waals surface area contributed by atoms with Gasteiger partial charge in [0.15, 0.2) is 6.10 Å². The second kappa shape index (κ2) is 7.33. The third-order valence-electron chi connectivity index (χ3n) is 4.48. The fourth-order valence-corrected chi connectivity index (χ4v) is 3.34. The van der Waals surface area contributed by atoms with Gasteiger partial charge in [-0.15, -0.1) is 0 Å². The lowest BCUT2D eigenvalue weighted by Gasteiger charge is -2.15. The summed E-state index contributed by atoms with van der Waals surface area (Å²) in [6.45, 7) is 5.39. The average Bonchev–Trinajstić information content (AvgIpc) is 3.36. The van der Waals surface area contributed by atoms with Crippen LogP contribution in [0.15, 0.2) is 24.3 Å². The van der Waals surface area contributed by atoms with E-state index in [0.717, 1.165) is 24.2 Å². The number of esters is 1. The molecule has 138 valence electrons. The molecule has 1 aromatic carbocycles. The van der Waals surface area contributed by atoms with Gasteiger partial charge in [-0.1, -0.05) is 29.3 Å². The lowest BCUT2D eigenvalue weighted by molar-refractivity contribution is -0.123. The number of hydrogen-bond donors (Lipinski definition) is 1. The average molecular weight is 395 g/mol. The Morgan fingerprint density at radius 1 is 1.27 bits per heavy atom. The van der Waals surface area contributed by atoms with Crippen LogP contribution >= 0.6 is 23.2 Å². The molecule has 1 unspecified atom stereocenters. The Balaban J connectivity index is 1.68. The van der Waals surface area contributed by atoms with E-state index in [-0.39, 0.29) is 5.02 Å². The van der Waals surface area contributed by atoms with Crippen LogP contribution in [0.2, 0.25) is 10.0 Å². The predicted molar refractivity (Wildman–Crippen MR) is 102 cm³/mol. The van der Waals surface area contributed by atoms with E-state index in [1.54, 1.807) is 18.2 Å². The quantitative estimate of drug-likeness (QED) is 0.731. The van der Waals surface area contributed by atoms with Crippen molar-refractivity contribution in [3.8, 4) is 0 Å². The SMILES string of the molecule is Cc1cc(C(=O)OC(C)C(=O)Nc2cccc(Cl)c2Cl)c(C)n1C1CC1. The molecule has 0 bridgehead atoms. The minimum absolute atomic E-state index is 0.244. The van der Waals surface area contributed by atoms with Gasteiger partial charge < -0.3 is 14.6 Å². The number of carbonyl (C=O) groups excluding carboxylic acids is 2. The zero-order valence-corrected chi connectivity index (χ0v) is 16.3. The highest BCUT2D eigenvalue weighted by atomic mass is 35.5. The molecule has 1 atom stereocenters. The first kappa shape index (κ1) is 18.8. The largest absolute Gasteiger partial charge is 0.449 e. The monoisotopic (exact) mass is 394 g/mol. The molecule has 0 radical (unpaired) electrons. The number of benzene rings is 1. The van der Waals surface area contributed by atoms with Crippen molar-refractivity contribution in [1.29, 1.82) is 0 Å². The molecule has 26 heavy (non-hydrogen) atoms. The van der Waals surface area contributed by atoms with Gasteiger partial charge in [0, 0.05) is 17.4 Å². The standard InChI is InChI=1S/C19H20Cl2N2O3/c1-10-9-14(11(2)23(10)13-7-8-13)19(25)26-12(3)18(24)22-16-6-4-5-15(20)17(16)21/h4-6,9,12-13H,7-8H2,1-3H3,(H,22,24). The number of aromatic nitrogens is 1. The van der Waals surface area contributed by atoms with Crippen LogP contribution in [0.5, 0.6) is 0 Å². The number of amides is 1. The van der Waals surface area contributed by atoms with E-state index < -0.39 is 18.0 Å². The highest BCUT2D eigenvalue weighted by Gasteiger charge is 2.29. The van der Waals surface area contributed by atoms with E-state index in [1.807, 2.05) is 19.9 Å². The Hall–Kier alpha value is -1.98. The van der Waals surface area contributed by atoms with Gasteiger partial charge in [-0.05, 0) is 51.8 Å². The number of ether oxygens (including phenoxy) is 1. The van der Waals surface area contributed by atoms with Crippen LogP contribution in [0.1, 0.15) is 47.6 Å². The summed E-state index contributed by atoms with van der Waals surface area (Å²) in [6, 6.07) is 7.21. The molecule has 1 amide bonds. The van der Waals surface area contributed by atoms with Gasteiger partial charge in [-0.2, -0.15) is 0 Å². The Morgan fingerprint density at radius 3 is 2.62 bits per heavy atom. The van der Waals surface area contributed by atoms with Crippen LogP contribution < -0.4 is 5.32 Å². The molecule has 1 aromatic heterocycles. The summed E-state index contributed by atoms with van der Waals surface area (Å²) < 4.78 is 7.51. The third-order valence-corrected chi connectivity index (χ3v) is 5.30. The number of anilines is 1. The van der Waals surface area contributed by atoms with Gasteiger partial charge in [0.25, 0.3) is 5.91 Å². The van der Waals surface area contributed by atoms with Crippen LogP contribution in [-0.4, -0.2) is 22.5 Å². The van der Waals surface area contributed by atoms with Crippen molar-refractivity contribution in [2.24, 2.45) is 0 Å². The lowest BCUT2D eigenvalue weighted by atomic mass is 10.2. The van der Waals surface area contributed by atoms with Crippen molar-refractivity contribution in [2.75, 3.05) is 5.32 Å². The zero-order valence-electron chi connectivity index (χ0n) is 14.8. The zero-order chi connectivity index (χ0) is 19.0. The fourth-order valence-electron chi connectivity index (χ4n) is 2.99. The number of carbonyl (C=O) groups is 2. The van der Waals surface area contributed by atoms with E-state index in [9.17, 15) is 9.59 Å². The van der Waals surface area contributed by atoms with Crippen molar-refractivity contribution in [3.05, 3.63) is 51.3 Å². The van der Waals surface area contributed by atoms with Crippen LogP contribution in [-0.2, 0) is 9.53 Å². The molecule has 5 nitrogen and oxygen atoms in total. The number of halogens is 2. The van der Waals surface area contributed by atoms with Crippen molar-refractivity contribution >= 4 is 40.8 Å². The van der Waals surface area contributed by atoms with Crippen molar-refractivity contribution in [1.82, 2.24) is 4.57 Å². The van der Waals surface area contributed by atoms with Gasteiger partial charge >= 0.3 is 5.97 Å². The topological polar surface area (TPSA) is 60.3 Å². The molecule has 0 saturated heterocycles. The Labute approximate surface area is 162 Å². The molecule has 0 aliphatic heterocycles. The molecular formula is C19H20Cl2N2O3. The lowest BCUT2D eigenvalue weighted by Crippen LogP contribution is -2.30. The van der Waals surface area contributed by atoms with E-state index in [4.69, 9.17) is 27.9 Å². The van der Waals surface area contributed by atoms with Gasteiger partial charge in [0.1, 0.15) is 0 Å². The molecular weight excluding hydrogens is 375 g/mol. The summed E-state index contributed by atoms with van der Waals surface area (Å²) in [4.78, 5) is 24.8. The van der Waals surface area contributed by atoms with Crippen LogP contribution in [0.3, 0.4) is 0 Å². The van der Waals surface area contributed by atoms with E-state index in [2.05, 4.69) is 9.88 Å². The summed E-state index contributed by atoms with van der Waals surface area (Å²) >= 11 is 12.0. The molecule has 3 rings (SSSR count). The Morgan fingerprint density at radius 2 is 1.96 bits per heavy atom. The first-order valence-corrected chi connectivity index (χ1v) is 9.19. The number of hydrogen-bond acceptors (Lipinski definition) is 3. The highest BCUT2D eigenvalue weighted by Crippen LogP contribution is 2.38. The van der Waals surface area contributed by atoms with Gasteiger partial charge in [-0.3, -0.25) is 4.79 Å². The molecule has 0 spiro atoms. The molecule has 2 aromatic rings. The first-order valence-electron chi connectivity index (χ1n) is 8.44. The minimum atomic E-state index is -0.971. The Kier molecular flexibility index (Phi) is 5.30. The second-order valence-corrected chi connectivity index (χ2v) is 7.31. The van der Waals surface area contributed by atoms with Crippen LogP contribution in [0.4, 0.5) is 5.69 Å². The number of nitrogens with one attached hydrogen (secondary N) is 1. The molecule has 7 heteroatoms. The summed E-state index contributed by atoms with van der Waals surface area (Å²) in [5, 5.41) is 3.21. The second-order valence-electron chi connectivity index (χ2n) is 6.52. The molecule has 1 saturated carbocycles. The fraction of sp³-hybridized carbons (Fsp3) is 0.368. The number of nitrogens with zero attached hydrogens (tertiary/aromatic N) is 1. The first-order chi connectivity index (χ1) is 12.3. The highest BCUT2D eigenvalue weighted by molar-refractivity contribution is 6.44. The Bertz CT molecular complexity index is 872. The summed E-state index contributed by atoms with van der Waals surface area (Å²) in [6.07, 6.45) is 1.29.